The molecule has 8 heavy (non-hydrogen) atoms. The van der Waals surface area contributed by atoms with E-state index in [2.05, 4.69) is 16.7 Å². The Hall–Kier alpha value is -0.660. The van der Waals surface area contributed by atoms with E-state index >= 15 is 0 Å². The van der Waals surface area contributed by atoms with Gasteiger partial charge >= 0.3 is 0 Å². The molecule has 0 unspecified atom stereocenters. The molecular formula is C6H12N2. The SMILES string of the molecule is CC=C1NCCCN1. The number of rotatable bonds is 0. The maximum Gasteiger partial charge on any atom is 0.0942 e. The third-order valence-electron chi connectivity index (χ3n) is 1.27. The molecule has 1 rings (SSSR count). The Balaban J connectivity index is 2.33. The zero-order chi connectivity index (χ0) is 5.82. The normalized spacial score (nSPS) is 18.9. The first-order valence-electron chi connectivity index (χ1n) is 3.07. The van der Waals surface area contributed by atoms with Crippen LogP contribution in [0.15, 0.2) is 11.9 Å². The maximum atomic E-state index is 3.22. The molecule has 2 heteroatoms. The molecule has 0 aliphatic carbocycles. The molecule has 0 bridgehead atoms. The van der Waals surface area contributed by atoms with Crippen molar-refractivity contribution in [3.8, 4) is 0 Å². The Bertz CT molecular complexity index is 88.7. The lowest BCUT2D eigenvalue weighted by Gasteiger charge is -2.18. The Morgan fingerprint density at radius 2 is 2.00 bits per heavy atom. The van der Waals surface area contributed by atoms with Gasteiger partial charge in [-0.3, -0.25) is 0 Å². The van der Waals surface area contributed by atoms with Gasteiger partial charge in [0.2, 0.25) is 0 Å². The summed E-state index contributed by atoms with van der Waals surface area (Å²) < 4.78 is 0. The van der Waals surface area contributed by atoms with Crippen LogP contribution in [-0.4, -0.2) is 13.1 Å². The molecule has 0 aromatic rings. The van der Waals surface area contributed by atoms with Crippen LogP contribution in [0.5, 0.6) is 0 Å². The smallest absolute Gasteiger partial charge is 0.0942 e. The van der Waals surface area contributed by atoms with Gasteiger partial charge in [-0.25, -0.2) is 0 Å². The van der Waals surface area contributed by atoms with Crippen molar-refractivity contribution in [2.45, 2.75) is 13.3 Å². The lowest BCUT2D eigenvalue weighted by molar-refractivity contribution is 0.572. The zero-order valence-corrected chi connectivity index (χ0v) is 5.20. The van der Waals surface area contributed by atoms with Crippen molar-refractivity contribution in [1.29, 1.82) is 0 Å². The van der Waals surface area contributed by atoms with Crippen molar-refractivity contribution in [3.63, 3.8) is 0 Å². The minimum Gasteiger partial charge on any atom is -0.372 e. The predicted molar refractivity (Wildman–Crippen MR) is 34.4 cm³/mol. The summed E-state index contributed by atoms with van der Waals surface area (Å²) in [6.07, 6.45) is 3.29. The number of nitrogens with one attached hydrogen (secondary N) is 2. The monoisotopic (exact) mass is 112 g/mol. The van der Waals surface area contributed by atoms with E-state index in [0.29, 0.717) is 0 Å². The van der Waals surface area contributed by atoms with Gasteiger partial charge in [0.15, 0.2) is 0 Å². The van der Waals surface area contributed by atoms with Gasteiger partial charge in [-0.05, 0) is 19.4 Å². The highest BCUT2D eigenvalue weighted by molar-refractivity contribution is 4.96. The van der Waals surface area contributed by atoms with Gasteiger partial charge in [-0.2, -0.15) is 0 Å². The second-order valence-corrected chi connectivity index (χ2v) is 1.91. The molecule has 0 aromatic heterocycles. The van der Waals surface area contributed by atoms with E-state index in [0.717, 1.165) is 13.1 Å². The van der Waals surface area contributed by atoms with Crippen LogP contribution in [0.4, 0.5) is 0 Å². The quantitative estimate of drug-likeness (QED) is 0.475. The van der Waals surface area contributed by atoms with Crippen LogP contribution in [0.2, 0.25) is 0 Å². The van der Waals surface area contributed by atoms with Gasteiger partial charge in [-0.15, -0.1) is 0 Å². The molecule has 0 saturated carbocycles. The first-order chi connectivity index (χ1) is 3.93. The predicted octanol–water partition coefficient (Wildman–Crippen LogP) is 0.431. The van der Waals surface area contributed by atoms with Gasteiger partial charge < -0.3 is 10.6 Å². The van der Waals surface area contributed by atoms with Gasteiger partial charge in [-0.1, -0.05) is 0 Å². The average molecular weight is 112 g/mol. The third kappa shape index (κ3) is 1.15. The molecule has 0 aromatic carbocycles. The summed E-state index contributed by atoms with van der Waals surface area (Å²) >= 11 is 0. The highest BCUT2D eigenvalue weighted by atomic mass is 15.1. The van der Waals surface area contributed by atoms with Crippen LogP contribution < -0.4 is 10.6 Å². The van der Waals surface area contributed by atoms with Crippen molar-refractivity contribution in [2.24, 2.45) is 0 Å². The molecule has 2 N–H and O–H groups in total. The van der Waals surface area contributed by atoms with Crippen LogP contribution in [0.1, 0.15) is 13.3 Å². The number of allylic oxidation sites excluding steroid dienone is 1. The summed E-state index contributed by atoms with van der Waals surface area (Å²) in [7, 11) is 0. The van der Waals surface area contributed by atoms with Crippen molar-refractivity contribution >= 4 is 0 Å². The van der Waals surface area contributed by atoms with Crippen LogP contribution in [0.3, 0.4) is 0 Å². The van der Waals surface area contributed by atoms with E-state index in [1.54, 1.807) is 0 Å². The van der Waals surface area contributed by atoms with E-state index in [1.807, 2.05) is 6.92 Å². The van der Waals surface area contributed by atoms with Crippen LogP contribution in [0.25, 0.3) is 0 Å². The fraction of sp³-hybridized carbons (Fsp3) is 0.667. The largest absolute Gasteiger partial charge is 0.372 e. The maximum absolute atomic E-state index is 3.22. The summed E-state index contributed by atoms with van der Waals surface area (Å²) in [5.41, 5.74) is 0. The van der Waals surface area contributed by atoms with Crippen molar-refractivity contribution in [2.75, 3.05) is 13.1 Å². The fourth-order valence-electron chi connectivity index (χ4n) is 0.801. The molecule has 1 saturated heterocycles. The second kappa shape index (κ2) is 2.60. The summed E-state index contributed by atoms with van der Waals surface area (Å²) in [6, 6.07) is 0. The lowest BCUT2D eigenvalue weighted by Crippen LogP contribution is -2.34. The highest BCUT2D eigenvalue weighted by Crippen LogP contribution is 1.89. The number of hydrogen-bond donors (Lipinski definition) is 2. The van der Waals surface area contributed by atoms with Crippen molar-refractivity contribution in [3.05, 3.63) is 11.9 Å². The molecular weight excluding hydrogens is 100 g/mol. The van der Waals surface area contributed by atoms with E-state index in [1.165, 1.54) is 12.2 Å². The molecule has 0 spiro atoms. The van der Waals surface area contributed by atoms with E-state index < -0.39 is 0 Å². The average Bonchev–Trinajstić information content (AvgIpc) is 1.90. The van der Waals surface area contributed by atoms with Gasteiger partial charge in [0.1, 0.15) is 0 Å². The van der Waals surface area contributed by atoms with Crippen LogP contribution in [0, 0.1) is 0 Å². The molecule has 1 aliphatic rings. The zero-order valence-electron chi connectivity index (χ0n) is 5.20. The Morgan fingerprint density at radius 3 is 2.38 bits per heavy atom. The molecule has 0 atom stereocenters. The van der Waals surface area contributed by atoms with E-state index in [4.69, 9.17) is 0 Å². The van der Waals surface area contributed by atoms with Gasteiger partial charge in [0.25, 0.3) is 0 Å². The molecule has 2 nitrogen and oxygen atoms in total. The Morgan fingerprint density at radius 1 is 1.38 bits per heavy atom. The molecule has 0 amide bonds. The minimum atomic E-state index is 1.12. The lowest BCUT2D eigenvalue weighted by atomic mass is 10.3. The summed E-state index contributed by atoms with van der Waals surface area (Å²) in [6.45, 7) is 4.26. The summed E-state index contributed by atoms with van der Waals surface area (Å²) in [5.74, 6) is 1.18. The van der Waals surface area contributed by atoms with E-state index in [9.17, 15) is 0 Å². The molecule has 46 valence electrons. The Kier molecular flexibility index (Phi) is 1.78. The molecule has 0 radical (unpaired) electrons. The first-order valence-corrected chi connectivity index (χ1v) is 3.07. The highest BCUT2D eigenvalue weighted by Gasteiger charge is 1.98. The summed E-state index contributed by atoms with van der Waals surface area (Å²) in [4.78, 5) is 0. The van der Waals surface area contributed by atoms with Gasteiger partial charge in [0, 0.05) is 13.1 Å². The fourth-order valence-corrected chi connectivity index (χ4v) is 0.801. The molecule has 1 fully saturated rings. The van der Waals surface area contributed by atoms with Crippen molar-refractivity contribution in [1.82, 2.24) is 10.6 Å². The Labute approximate surface area is 50.0 Å². The first kappa shape index (κ1) is 5.48. The van der Waals surface area contributed by atoms with Crippen LogP contribution in [-0.2, 0) is 0 Å². The third-order valence-corrected chi connectivity index (χ3v) is 1.27. The molecule has 1 aliphatic heterocycles. The standard InChI is InChI=1S/C6H12N2/c1-2-6-7-4-3-5-8-6/h2,7-8H,3-5H2,1H3. The minimum absolute atomic E-state index is 1.12. The van der Waals surface area contributed by atoms with E-state index in [-0.39, 0.29) is 0 Å². The van der Waals surface area contributed by atoms with Crippen molar-refractivity contribution < 1.29 is 0 Å². The topological polar surface area (TPSA) is 24.1 Å². The van der Waals surface area contributed by atoms with Crippen LogP contribution >= 0.6 is 0 Å². The second-order valence-electron chi connectivity index (χ2n) is 1.91. The number of hydrogen-bond acceptors (Lipinski definition) is 2. The summed E-state index contributed by atoms with van der Waals surface area (Å²) in [5, 5.41) is 6.44. The molecule has 1 heterocycles. The van der Waals surface area contributed by atoms with Gasteiger partial charge in [0.05, 0.1) is 5.82 Å².